The molecule has 2 heterocycles. The molecule has 16 heavy (non-hydrogen) atoms. The van der Waals surface area contributed by atoms with Crippen LogP contribution in [0.5, 0.6) is 0 Å². The minimum atomic E-state index is -0.586. The van der Waals surface area contributed by atoms with Crippen molar-refractivity contribution in [1.29, 1.82) is 0 Å². The van der Waals surface area contributed by atoms with Crippen LogP contribution in [0, 0.1) is 5.92 Å². The van der Waals surface area contributed by atoms with Crippen LogP contribution in [0.25, 0.3) is 0 Å². The van der Waals surface area contributed by atoms with Gasteiger partial charge >= 0.3 is 0 Å². The van der Waals surface area contributed by atoms with Gasteiger partial charge in [-0.25, -0.2) is 0 Å². The maximum Gasteiger partial charge on any atom is 0.225 e. The Labute approximate surface area is 97.0 Å². The number of hydrogen-bond donors (Lipinski definition) is 2. The van der Waals surface area contributed by atoms with E-state index in [1.54, 1.807) is 0 Å². The molecule has 0 radical (unpaired) electrons. The molecule has 1 amide bonds. The quantitative estimate of drug-likeness (QED) is 0.730. The molecule has 0 aromatic rings. The monoisotopic (exact) mass is 226 g/mol. The van der Waals surface area contributed by atoms with Gasteiger partial charge in [-0.05, 0) is 32.4 Å². The van der Waals surface area contributed by atoms with Crippen LogP contribution in [0.3, 0.4) is 0 Å². The Balaban J connectivity index is 1.80. The van der Waals surface area contributed by atoms with E-state index < -0.39 is 5.60 Å². The Kier molecular flexibility index (Phi) is 3.50. The summed E-state index contributed by atoms with van der Waals surface area (Å²) in [5.74, 6) is 0.440. The van der Waals surface area contributed by atoms with Gasteiger partial charge in [-0.3, -0.25) is 4.79 Å². The Bertz CT molecular complexity index is 256. The van der Waals surface area contributed by atoms with Crippen molar-refractivity contribution < 1.29 is 9.90 Å². The van der Waals surface area contributed by atoms with Crippen molar-refractivity contribution in [2.75, 3.05) is 26.2 Å². The predicted octanol–water partition coefficient (Wildman–Crippen LogP) is 0.359. The number of nitrogens with zero attached hydrogens (tertiary/aromatic N) is 1. The first-order valence-corrected chi connectivity index (χ1v) is 6.36. The largest absolute Gasteiger partial charge is 0.386 e. The molecular weight excluding hydrogens is 204 g/mol. The maximum absolute atomic E-state index is 12.1. The molecule has 2 saturated heterocycles. The van der Waals surface area contributed by atoms with Crippen LogP contribution >= 0.6 is 0 Å². The fraction of sp³-hybridized carbons (Fsp3) is 0.917. The third-order valence-electron chi connectivity index (χ3n) is 3.69. The summed E-state index contributed by atoms with van der Waals surface area (Å²) in [6.07, 6.45) is 3.68. The first-order valence-electron chi connectivity index (χ1n) is 6.36. The van der Waals surface area contributed by atoms with Crippen LogP contribution in [0.15, 0.2) is 0 Å². The topological polar surface area (TPSA) is 52.6 Å². The summed E-state index contributed by atoms with van der Waals surface area (Å²) in [4.78, 5) is 13.9. The number of rotatable bonds is 3. The summed E-state index contributed by atoms with van der Waals surface area (Å²) in [7, 11) is 0. The molecule has 2 aliphatic heterocycles. The number of piperidine rings is 1. The van der Waals surface area contributed by atoms with Crippen LogP contribution in [0.2, 0.25) is 0 Å². The smallest absolute Gasteiger partial charge is 0.225 e. The zero-order chi connectivity index (χ0) is 11.6. The van der Waals surface area contributed by atoms with Gasteiger partial charge in [-0.15, -0.1) is 0 Å². The number of nitrogens with one attached hydrogen (secondary N) is 1. The lowest BCUT2D eigenvalue weighted by atomic mass is 9.86. The van der Waals surface area contributed by atoms with Crippen molar-refractivity contribution in [3.63, 3.8) is 0 Å². The predicted molar refractivity (Wildman–Crippen MR) is 62.0 cm³/mol. The maximum atomic E-state index is 12.1. The average molecular weight is 226 g/mol. The number of likely N-dealkylation sites (tertiary alicyclic amines) is 1. The second-order valence-corrected chi connectivity index (χ2v) is 5.19. The first-order chi connectivity index (χ1) is 7.64. The third-order valence-corrected chi connectivity index (χ3v) is 3.69. The van der Waals surface area contributed by atoms with E-state index in [2.05, 4.69) is 12.2 Å². The number of hydrogen-bond acceptors (Lipinski definition) is 3. The van der Waals surface area contributed by atoms with Gasteiger partial charge in [0.15, 0.2) is 0 Å². The molecule has 0 spiro atoms. The van der Waals surface area contributed by atoms with Crippen LogP contribution in [-0.2, 0) is 4.79 Å². The van der Waals surface area contributed by atoms with Crippen LogP contribution < -0.4 is 5.32 Å². The van der Waals surface area contributed by atoms with Gasteiger partial charge in [0.1, 0.15) is 0 Å². The second kappa shape index (κ2) is 4.72. The van der Waals surface area contributed by atoms with Gasteiger partial charge < -0.3 is 15.3 Å². The standard InChI is InChI=1S/C12H22N2O2/c1-2-5-12(16)8-14(9-12)11(15)10-3-6-13-7-4-10/h10,13,16H,2-9H2,1H3. The molecule has 2 fully saturated rings. The minimum absolute atomic E-state index is 0.187. The van der Waals surface area contributed by atoms with E-state index in [-0.39, 0.29) is 11.8 Å². The van der Waals surface area contributed by atoms with E-state index >= 15 is 0 Å². The zero-order valence-electron chi connectivity index (χ0n) is 10.0. The van der Waals surface area contributed by atoms with Crippen molar-refractivity contribution in [1.82, 2.24) is 10.2 Å². The molecule has 2 rings (SSSR count). The molecule has 4 heteroatoms. The SMILES string of the molecule is CCCC1(O)CN(C(=O)C2CCNCC2)C1. The van der Waals surface area contributed by atoms with E-state index in [1.165, 1.54) is 0 Å². The molecule has 0 aromatic carbocycles. The van der Waals surface area contributed by atoms with Gasteiger partial charge in [0.05, 0.1) is 18.7 Å². The second-order valence-electron chi connectivity index (χ2n) is 5.19. The van der Waals surface area contributed by atoms with E-state index in [1.807, 2.05) is 4.90 Å². The van der Waals surface area contributed by atoms with Crippen molar-refractivity contribution in [2.45, 2.75) is 38.2 Å². The van der Waals surface area contributed by atoms with Gasteiger partial charge in [0.2, 0.25) is 5.91 Å². The number of carbonyl (C=O) groups is 1. The lowest BCUT2D eigenvalue weighted by Crippen LogP contribution is -2.64. The molecular formula is C12H22N2O2. The van der Waals surface area contributed by atoms with Crippen LogP contribution in [-0.4, -0.2) is 47.7 Å². The molecule has 4 nitrogen and oxygen atoms in total. The molecule has 0 unspecified atom stereocenters. The molecule has 0 bridgehead atoms. The summed E-state index contributed by atoms with van der Waals surface area (Å²) in [6.45, 7) is 5.05. The summed E-state index contributed by atoms with van der Waals surface area (Å²) in [6, 6.07) is 0. The molecule has 2 aliphatic rings. The van der Waals surface area contributed by atoms with E-state index in [4.69, 9.17) is 0 Å². The van der Waals surface area contributed by atoms with Crippen molar-refractivity contribution in [3.8, 4) is 0 Å². The molecule has 0 aliphatic carbocycles. The molecule has 0 aromatic heterocycles. The van der Waals surface area contributed by atoms with Gasteiger partial charge in [0.25, 0.3) is 0 Å². The highest BCUT2D eigenvalue weighted by atomic mass is 16.3. The van der Waals surface area contributed by atoms with E-state index in [0.717, 1.165) is 38.8 Å². The van der Waals surface area contributed by atoms with Crippen LogP contribution in [0.1, 0.15) is 32.6 Å². The summed E-state index contributed by atoms with van der Waals surface area (Å²) < 4.78 is 0. The lowest BCUT2D eigenvalue weighted by Gasteiger charge is -2.48. The molecule has 0 atom stereocenters. The average Bonchev–Trinajstić information content (AvgIpc) is 2.26. The zero-order valence-corrected chi connectivity index (χ0v) is 10.0. The fourth-order valence-corrected chi connectivity index (χ4v) is 2.77. The number of β-amino-alcohol motifs (C(OH)–C–C–N with tert-alkyl or cyclic N) is 1. The minimum Gasteiger partial charge on any atom is -0.386 e. The van der Waals surface area contributed by atoms with Gasteiger partial charge in [-0.2, -0.15) is 0 Å². The Morgan fingerprint density at radius 3 is 2.62 bits per heavy atom. The van der Waals surface area contributed by atoms with Crippen molar-refractivity contribution >= 4 is 5.91 Å². The first kappa shape index (κ1) is 11.9. The number of amides is 1. The highest BCUT2D eigenvalue weighted by Crippen LogP contribution is 2.28. The lowest BCUT2D eigenvalue weighted by molar-refractivity contribution is -0.161. The molecule has 0 saturated carbocycles. The molecule has 92 valence electrons. The highest BCUT2D eigenvalue weighted by Gasteiger charge is 2.44. The summed E-state index contributed by atoms with van der Waals surface area (Å²) in [5.41, 5.74) is -0.586. The Hall–Kier alpha value is -0.610. The van der Waals surface area contributed by atoms with Gasteiger partial charge in [0, 0.05) is 5.92 Å². The van der Waals surface area contributed by atoms with Crippen LogP contribution in [0.4, 0.5) is 0 Å². The van der Waals surface area contributed by atoms with Gasteiger partial charge in [-0.1, -0.05) is 13.3 Å². The summed E-state index contributed by atoms with van der Waals surface area (Å²) >= 11 is 0. The Morgan fingerprint density at radius 2 is 2.06 bits per heavy atom. The third kappa shape index (κ3) is 2.38. The Morgan fingerprint density at radius 1 is 1.44 bits per heavy atom. The fourth-order valence-electron chi connectivity index (χ4n) is 2.77. The van der Waals surface area contributed by atoms with E-state index in [9.17, 15) is 9.90 Å². The normalized spacial score (nSPS) is 25.2. The summed E-state index contributed by atoms with van der Waals surface area (Å²) in [5, 5.41) is 13.3. The number of carbonyl (C=O) groups excluding carboxylic acids is 1. The van der Waals surface area contributed by atoms with Crippen molar-refractivity contribution in [3.05, 3.63) is 0 Å². The highest BCUT2D eigenvalue weighted by molar-refractivity contribution is 5.80. The van der Waals surface area contributed by atoms with Crippen molar-refractivity contribution in [2.24, 2.45) is 5.92 Å². The van der Waals surface area contributed by atoms with E-state index in [0.29, 0.717) is 13.1 Å². The number of aliphatic hydroxyl groups is 1. The molecule has 2 N–H and O–H groups in total.